The third-order valence-corrected chi connectivity index (χ3v) is 5.63. The SMILES string of the molecule is Cc1ccccc1C1c2cccn2CCN1C(=O)Nc1cccc(C)c1C. The first kappa shape index (κ1) is 17.4. The minimum Gasteiger partial charge on any atom is -0.348 e. The Balaban J connectivity index is 1.71. The molecule has 0 aliphatic carbocycles. The van der Waals surface area contributed by atoms with Crippen molar-refractivity contribution in [1.29, 1.82) is 0 Å². The van der Waals surface area contributed by atoms with Crippen molar-refractivity contribution in [2.24, 2.45) is 0 Å². The number of carbonyl (C=O) groups is 1. The summed E-state index contributed by atoms with van der Waals surface area (Å²) in [6, 6.07) is 18.4. The number of nitrogens with one attached hydrogen (secondary N) is 1. The molecule has 27 heavy (non-hydrogen) atoms. The molecule has 0 radical (unpaired) electrons. The molecule has 2 amide bonds. The fourth-order valence-electron chi connectivity index (χ4n) is 3.90. The van der Waals surface area contributed by atoms with Gasteiger partial charge < -0.3 is 14.8 Å². The van der Waals surface area contributed by atoms with Gasteiger partial charge in [0.25, 0.3) is 0 Å². The number of benzene rings is 2. The molecule has 1 aliphatic heterocycles. The molecule has 1 aliphatic rings. The Labute approximate surface area is 160 Å². The Hall–Kier alpha value is -3.01. The third-order valence-electron chi connectivity index (χ3n) is 5.63. The Morgan fingerprint density at radius 2 is 1.70 bits per heavy atom. The first-order chi connectivity index (χ1) is 13.1. The van der Waals surface area contributed by atoms with Crippen LogP contribution in [-0.2, 0) is 6.54 Å². The summed E-state index contributed by atoms with van der Waals surface area (Å²) in [4.78, 5) is 15.2. The lowest BCUT2D eigenvalue weighted by molar-refractivity contribution is 0.181. The zero-order chi connectivity index (χ0) is 19.0. The highest BCUT2D eigenvalue weighted by atomic mass is 16.2. The Morgan fingerprint density at radius 3 is 2.52 bits per heavy atom. The zero-order valence-corrected chi connectivity index (χ0v) is 16.1. The summed E-state index contributed by atoms with van der Waals surface area (Å²) in [5, 5.41) is 3.14. The van der Waals surface area contributed by atoms with E-state index in [-0.39, 0.29) is 12.1 Å². The number of hydrogen-bond acceptors (Lipinski definition) is 1. The first-order valence-corrected chi connectivity index (χ1v) is 9.40. The minimum atomic E-state index is -0.0833. The molecule has 2 heterocycles. The molecule has 138 valence electrons. The van der Waals surface area contributed by atoms with Crippen molar-refractivity contribution in [1.82, 2.24) is 9.47 Å². The molecule has 1 N–H and O–H groups in total. The van der Waals surface area contributed by atoms with Crippen molar-refractivity contribution < 1.29 is 4.79 Å². The summed E-state index contributed by atoms with van der Waals surface area (Å²) in [5.41, 5.74) is 6.69. The summed E-state index contributed by atoms with van der Waals surface area (Å²) < 4.78 is 2.25. The van der Waals surface area contributed by atoms with Crippen LogP contribution in [0.1, 0.15) is 34.0 Å². The normalized spacial score (nSPS) is 16.1. The summed E-state index contributed by atoms with van der Waals surface area (Å²) >= 11 is 0. The average molecular weight is 359 g/mol. The van der Waals surface area contributed by atoms with E-state index in [1.54, 1.807) is 0 Å². The molecule has 0 saturated heterocycles. The molecule has 2 aromatic carbocycles. The van der Waals surface area contributed by atoms with Crippen LogP contribution in [0.5, 0.6) is 0 Å². The lowest BCUT2D eigenvalue weighted by atomic mass is 9.96. The predicted molar refractivity (Wildman–Crippen MR) is 109 cm³/mol. The monoisotopic (exact) mass is 359 g/mol. The standard InChI is InChI=1S/C23H25N3O/c1-16-9-6-11-20(18(16)3)24-23(27)26-15-14-25-13-7-12-21(25)22(26)19-10-5-4-8-17(19)2/h4-13,22H,14-15H2,1-3H3,(H,24,27). The van der Waals surface area contributed by atoms with Gasteiger partial charge in [0.1, 0.15) is 0 Å². The van der Waals surface area contributed by atoms with Crippen LogP contribution in [0.2, 0.25) is 0 Å². The van der Waals surface area contributed by atoms with E-state index in [9.17, 15) is 4.79 Å². The van der Waals surface area contributed by atoms with Crippen LogP contribution < -0.4 is 5.32 Å². The first-order valence-electron chi connectivity index (χ1n) is 9.40. The summed E-state index contributed by atoms with van der Waals surface area (Å²) in [5.74, 6) is 0. The van der Waals surface area contributed by atoms with E-state index in [1.807, 2.05) is 36.1 Å². The van der Waals surface area contributed by atoms with Gasteiger partial charge in [0.2, 0.25) is 0 Å². The van der Waals surface area contributed by atoms with Crippen LogP contribution in [0.15, 0.2) is 60.8 Å². The maximum Gasteiger partial charge on any atom is 0.322 e. The van der Waals surface area contributed by atoms with E-state index in [2.05, 4.69) is 60.3 Å². The molecule has 4 heteroatoms. The highest BCUT2D eigenvalue weighted by molar-refractivity contribution is 5.91. The number of aryl methyl sites for hydroxylation is 2. The van der Waals surface area contributed by atoms with Crippen LogP contribution >= 0.6 is 0 Å². The number of rotatable bonds is 2. The highest BCUT2D eigenvalue weighted by Crippen LogP contribution is 2.34. The van der Waals surface area contributed by atoms with E-state index in [1.165, 1.54) is 16.7 Å². The highest BCUT2D eigenvalue weighted by Gasteiger charge is 2.33. The molecule has 0 fully saturated rings. The van der Waals surface area contributed by atoms with E-state index in [0.717, 1.165) is 23.5 Å². The Morgan fingerprint density at radius 1 is 0.926 bits per heavy atom. The number of anilines is 1. The number of amides is 2. The molecule has 3 aromatic rings. The number of nitrogens with zero attached hydrogens (tertiary/aromatic N) is 2. The number of aromatic nitrogens is 1. The van der Waals surface area contributed by atoms with Crippen LogP contribution in [0.4, 0.5) is 10.5 Å². The van der Waals surface area contributed by atoms with E-state index < -0.39 is 0 Å². The van der Waals surface area contributed by atoms with Crippen molar-refractivity contribution in [2.75, 3.05) is 11.9 Å². The van der Waals surface area contributed by atoms with E-state index >= 15 is 0 Å². The second-order valence-electron chi connectivity index (χ2n) is 7.26. The molecule has 1 aromatic heterocycles. The van der Waals surface area contributed by atoms with Crippen LogP contribution in [0, 0.1) is 20.8 Å². The molecule has 4 rings (SSSR count). The van der Waals surface area contributed by atoms with E-state index in [4.69, 9.17) is 0 Å². The van der Waals surface area contributed by atoms with E-state index in [0.29, 0.717) is 6.54 Å². The van der Waals surface area contributed by atoms with Crippen molar-refractivity contribution in [3.05, 3.63) is 88.7 Å². The molecular weight excluding hydrogens is 334 g/mol. The number of fused-ring (bicyclic) bond motifs is 1. The van der Waals surface area contributed by atoms with Crippen LogP contribution in [-0.4, -0.2) is 22.0 Å². The van der Waals surface area contributed by atoms with Gasteiger partial charge in [0.05, 0.1) is 6.04 Å². The van der Waals surface area contributed by atoms with Gasteiger partial charge in [-0.2, -0.15) is 0 Å². The lowest BCUT2D eigenvalue weighted by Crippen LogP contribution is -2.44. The largest absolute Gasteiger partial charge is 0.348 e. The van der Waals surface area contributed by atoms with Crippen molar-refractivity contribution in [3.8, 4) is 0 Å². The molecule has 1 atom stereocenters. The molecule has 0 spiro atoms. The lowest BCUT2D eigenvalue weighted by Gasteiger charge is -2.38. The number of urea groups is 1. The van der Waals surface area contributed by atoms with Gasteiger partial charge in [-0.3, -0.25) is 0 Å². The van der Waals surface area contributed by atoms with Gasteiger partial charge in [0, 0.05) is 30.7 Å². The van der Waals surface area contributed by atoms with Crippen molar-refractivity contribution in [3.63, 3.8) is 0 Å². The summed E-state index contributed by atoms with van der Waals surface area (Å²) in [6.45, 7) is 7.71. The molecule has 0 bridgehead atoms. The minimum absolute atomic E-state index is 0.0515. The summed E-state index contributed by atoms with van der Waals surface area (Å²) in [6.07, 6.45) is 2.10. The van der Waals surface area contributed by atoms with Crippen LogP contribution in [0.25, 0.3) is 0 Å². The topological polar surface area (TPSA) is 37.3 Å². The van der Waals surface area contributed by atoms with Gasteiger partial charge in [-0.1, -0.05) is 36.4 Å². The average Bonchev–Trinajstić information content (AvgIpc) is 3.14. The Bertz CT molecular complexity index is 989. The van der Waals surface area contributed by atoms with Gasteiger partial charge >= 0.3 is 6.03 Å². The fourth-order valence-corrected chi connectivity index (χ4v) is 3.90. The van der Waals surface area contributed by atoms with Crippen molar-refractivity contribution >= 4 is 11.7 Å². The Kier molecular flexibility index (Phi) is 4.48. The van der Waals surface area contributed by atoms with Gasteiger partial charge in [-0.15, -0.1) is 0 Å². The van der Waals surface area contributed by atoms with Gasteiger partial charge in [-0.05, 0) is 61.2 Å². The van der Waals surface area contributed by atoms with Gasteiger partial charge in [-0.25, -0.2) is 4.79 Å². The second kappa shape index (κ2) is 6.95. The maximum atomic E-state index is 13.3. The number of carbonyl (C=O) groups excluding carboxylic acids is 1. The summed E-state index contributed by atoms with van der Waals surface area (Å²) in [7, 11) is 0. The predicted octanol–water partition coefficient (Wildman–Crippen LogP) is 5.05. The number of hydrogen-bond donors (Lipinski definition) is 1. The van der Waals surface area contributed by atoms with Gasteiger partial charge in [0.15, 0.2) is 0 Å². The quantitative estimate of drug-likeness (QED) is 0.683. The van der Waals surface area contributed by atoms with Crippen LogP contribution in [0.3, 0.4) is 0 Å². The molecule has 0 saturated carbocycles. The fraction of sp³-hybridized carbons (Fsp3) is 0.261. The van der Waals surface area contributed by atoms with Crippen molar-refractivity contribution in [2.45, 2.75) is 33.4 Å². The molecule has 4 nitrogen and oxygen atoms in total. The second-order valence-corrected chi connectivity index (χ2v) is 7.26. The third kappa shape index (κ3) is 3.12. The molecular formula is C23H25N3O. The zero-order valence-electron chi connectivity index (χ0n) is 16.1. The smallest absolute Gasteiger partial charge is 0.322 e. The molecule has 1 unspecified atom stereocenters. The maximum absolute atomic E-state index is 13.3.